The first-order valence-corrected chi connectivity index (χ1v) is 9.75. The fourth-order valence-electron chi connectivity index (χ4n) is 2.88. The molecule has 158 valence electrons. The molecule has 28 heavy (non-hydrogen) atoms. The third kappa shape index (κ3) is 5.77. The highest BCUT2D eigenvalue weighted by molar-refractivity contribution is 7.80. The second-order valence-corrected chi connectivity index (χ2v) is 8.33. The Kier molecular flexibility index (Phi) is 6.15. The number of hydrogen-bond donors (Lipinski definition) is 4. The van der Waals surface area contributed by atoms with Gasteiger partial charge < -0.3 is 20.3 Å². The smallest absolute Gasteiger partial charge is 0.418 e. The summed E-state index contributed by atoms with van der Waals surface area (Å²) in [6, 6.07) is -2.23. The van der Waals surface area contributed by atoms with Crippen molar-refractivity contribution in [3.63, 3.8) is 0 Å². The Morgan fingerprint density at radius 3 is 2.54 bits per heavy atom. The number of carbonyl (C=O) groups excluding carboxylic acids is 3. The van der Waals surface area contributed by atoms with E-state index in [1.165, 1.54) is 4.90 Å². The maximum atomic E-state index is 12.3. The quantitative estimate of drug-likeness (QED) is 0.263. The second kappa shape index (κ2) is 7.89. The number of ether oxygens (including phenoxy) is 1. The number of carbonyl (C=O) groups is 3. The number of hydrogen-bond acceptors (Lipinski definition) is 8. The molecule has 0 radical (unpaired) electrons. The molecule has 2 aliphatic rings. The van der Waals surface area contributed by atoms with Crippen LogP contribution in [0, 0.1) is 5.41 Å². The molecule has 0 aromatic rings. The summed E-state index contributed by atoms with van der Waals surface area (Å²) in [6.07, 6.45) is -0.209. The molecule has 2 heterocycles. The second-order valence-electron chi connectivity index (χ2n) is 7.33. The number of amidine groups is 1. The van der Waals surface area contributed by atoms with Gasteiger partial charge >= 0.3 is 22.5 Å². The average molecular weight is 421 g/mol. The van der Waals surface area contributed by atoms with Gasteiger partial charge in [0, 0.05) is 6.54 Å². The first-order chi connectivity index (χ1) is 12.8. The first-order valence-electron chi connectivity index (χ1n) is 8.39. The van der Waals surface area contributed by atoms with Gasteiger partial charge in [0.25, 0.3) is 0 Å². The molecule has 14 heteroatoms. The van der Waals surface area contributed by atoms with E-state index in [1.54, 1.807) is 20.8 Å². The molecule has 2 saturated heterocycles. The SMILES string of the molecule is CC(C)(C)OC(=O)NCC(=O)NC(=N)[C@@H]1CC[C@@H]2CN1C(=O)N2OS(=O)(=O)O. The fourth-order valence-corrected chi connectivity index (χ4v) is 3.26. The van der Waals surface area contributed by atoms with Crippen molar-refractivity contribution in [1.29, 1.82) is 5.41 Å². The van der Waals surface area contributed by atoms with Gasteiger partial charge in [-0.3, -0.25) is 14.8 Å². The van der Waals surface area contributed by atoms with Gasteiger partial charge in [0.15, 0.2) is 0 Å². The lowest BCUT2D eigenvalue weighted by molar-refractivity contribution is -0.119. The van der Waals surface area contributed by atoms with E-state index in [0.717, 1.165) is 0 Å². The van der Waals surface area contributed by atoms with Gasteiger partial charge in [-0.25, -0.2) is 9.59 Å². The Morgan fingerprint density at radius 1 is 1.32 bits per heavy atom. The van der Waals surface area contributed by atoms with Crippen LogP contribution < -0.4 is 10.6 Å². The molecule has 4 amide bonds. The van der Waals surface area contributed by atoms with Crippen molar-refractivity contribution in [1.82, 2.24) is 20.6 Å². The molecule has 2 rings (SSSR count). The minimum Gasteiger partial charge on any atom is -0.444 e. The topological polar surface area (TPSA) is 178 Å². The Morgan fingerprint density at radius 2 is 1.96 bits per heavy atom. The number of urea groups is 1. The third-order valence-electron chi connectivity index (χ3n) is 3.90. The van der Waals surface area contributed by atoms with Crippen LogP contribution in [0.4, 0.5) is 9.59 Å². The summed E-state index contributed by atoms with van der Waals surface area (Å²) < 4.78 is 39.8. The molecule has 2 aliphatic heterocycles. The minimum absolute atomic E-state index is 0.0768. The van der Waals surface area contributed by atoms with Gasteiger partial charge in [0.1, 0.15) is 18.0 Å². The number of alkyl carbamates (subject to hydrolysis) is 1. The standard InChI is InChI=1S/C14H23N5O8S/c1-14(2,3)26-12(21)16-6-10(20)17-11(15)9-5-4-8-7-18(9)13(22)19(8)27-28(23,24)25/h8-9H,4-7H2,1-3H3,(H,16,21)(H2,15,17,20)(H,23,24,25)/t8-,9+/m1/s1. The van der Waals surface area contributed by atoms with E-state index in [-0.39, 0.29) is 18.8 Å². The van der Waals surface area contributed by atoms with Crippen LogP contribution in [0.5, 0.6) is 0 Å². The Hall–Kier alpha value is -2.45. The minimum atomic E-state index is -4.86. The van der Waals surface area contributed by atoms with Crippen molar-refractivity contribution < 1.29 is 36.4 Å². The molecule has 0 spiro atoms. The van der Waals surface area contributed by atoms with Crippen molar-refractivity contribution in [2.45, 2.75) is 51.3 Å². The number of rotatable bonds is 5. The lowest BCUT2D eigenvalue weighted by Gasteiger charge is -2.30. The van der Waals surface area contributed by atoms with E-state index in [1.807, 2.05) is 0 Å². The van der Waals surface area contributed by atoms with Crippen molar-refractivity contribution in [3.05, 3.63) is 0 Å². The zero-order valence-electron chi connectivity index (χ0n) is 15.6. The molecule has 13 nitrogen and oxygen atoms in total. The summed E-state index contributed by atoms with van der Waals surface area (Å²) in [5.74, 6) is -0.966. The maximum absolute atomic E-state index is 12.3. The number of nitrogens with one attached hydrogen (secondary N) is 3. The van der Waals surface area contributed by atoms with Crippen LogP contribution in [0.1, 0.15) is 33.6 Å². The summed E-state index contributed by atoms with van der Waals surface area (Å²) in [5.41, 5.74) is -0.724. The number of fused-ring (bicyclic) bond motifs is 2. The monoisotopic (exact) mass is 421 g/mol. The number of hydroxylamine groups is 2. The molecule has 2 fully saturated rings. The molecular formula is C14H23N5O8S. The number of piperidine rings is 1. The fraction of sp³-hybridized carbons (Fsp3) is 0.714. The molecule has 4 N–H and O–H groups in total. The van der Waals surface area contributed by atoms with Crippen LogP contribution in [-0.2, 0) is 24.2 Å². The lowest BCUT2D eigenvalue weighted by Crippen LogP contribution is -2.52. The van der Waals surface area contributed by atoms with Crippen LogP contribution in [0.15, 0.2) is 0 Å². The van der Waals surface area contributed by atoms with Crippen LogP contribution in [-0.4, -0.2) is 77.6 Å². The average Bonchev–Trinajstić information content (AvgIpc) is 2.75. The highest BCUT2D eigenvalue weighted by atomic mass is 32.3. The predicted molar refractivity (Wildman–Crippen MR) is 93.5 cm³/mol. The van der Waals surface area contributed by atoms with Crippen LogP contribution in [0.3, 0.4) is 0 Å². The third-order valence-corrected chi connectivity index (χ3v) is 4.25. The summed E-state index contributed by atoms with van der Waals surface area (Å²) in [4.78, 5) is 36.9. The zero-order valence-corrected chi connectivity index (χ0v) is 16.4. The van der Waals surface area contributed by atoms with Gasteiger partial charge in [-0.05, 0) is 33.6 Å². The largest absolute Gasteiger partial charge is 0.444 e. The van der Waals surface area contributed by atoms with E-state index in [0.29, 0.717) is 11.5 Å². The molecule has 0 aliphatic carbocycles. The Bertz CT molecular complexity index is 777. The van der Waals surface area contributed by atoms with Crippen molar-refractivity contribution >= 4 is 34.3 Å². The summed E-state index contributed by atoms with van der Waals surface area (Å²) in [7, 11) is -4.86. The molecule has 2 bridgehead atoms. The first kappa shape index (κ1) is 21.8. The van der Waals surface area contributed by atoms with E-state index < -0.39 is 52.7 Å². The van der Waals surface area contributed by atoms with Crippen molar-refractivity contribution in [2.24, 2.45) is 0 Å². The summed E-state index contributed by atoms with van der Waals surface area (Å²) in [5, 5.41) is 13.1. The van der Waals surface area contributed by atoms with E-state index in [4.69, 9.17) is 14.7 Å². The Labute approximate surface area is 161 Å². The van der Waals surface area contributed by atoms with Gasteiger partial charge in [0.05, 0.1) is 12.1 Å². The molecule has 0 aromatic carbocycles. The van der Waals surface area contributed by atoms with Crippen molar-refractivity contribution in [3.8, 4) is 0 Å². The van der Waals surface area contributed by atoms with E-state index in [9.17, 15) is 22.8 Å². The molecular weight excluding hydrogens is 398 g/mol. The highest BCUT2D eigenvalue weighted by Crippen LogP contribution is 2.30. The summed E-state index contributed by atoms with van der Waals surface area (Å²) >= 11 is 0. The van der Waals surface area contributed by atoms with Crippen LogP contribution in [0.2, 0.25) is 0 Å². The van der Waals surface area contributed by atoms with E-state index >= 15 is 0 Å². The molecule has 0 aromatic heterocycles. The van der Waals surface area contributed by atoms with Crippen molar-refractivity contribution in [2.75, 3.05) is 13.1 Å². The van der Waals surface area contributed by atoms with Gasteiger partial charge in [-0.1, -0.05) is 0 Å². The molecule has 2 atom stereocenters. The normalized spacial score (nSPS) is 22.1. The Balaban J connectivity index is 1.89. The van der Waals surface area contributed by atoms with Gasteiger partial charge in [-0.15, -0.1) is 4.28 Å². The predicted octanol–water partition coefficient (Wildman–Crippen LogP) is -0.392. The highest BCUT2D eigenvalue weighted by Gasteiger charge is 2.48. The number of nitrogens with zero attached hydrogens (tertiary/aromatic N) is 2. The summed E-state index contributed by atoms with van der Waals surface area (Å²) in [6.45, 7) is 4.65. The van der Waals surface area contributed by atoms with E-state index in [2.05, 4.69) is 14.9 Å². The molecule has 0 saturated carbocycles. The van der Waals surface area contributed by atoms with Crippen LogP contribution in [0.25, 0.3) is 0 Å². The van der Waals surface area contributed by atoms with Crippen LogP contribution >= 0.6 is 0 Å². The zero-order chi connectivity index (χ0) is 21.3. The number of amides is 4. The maximum Gasteiger partial charge on any atom is 0.418 e. The lowest BCUT2D eigenvalue weighted by atomic mass is 10.00. The van der Waals surface area contributed by atoms with Gasteiger partial charge in [-0.2, -0.15) is 13.5 Å². The van der Waals surface area contributed by atoms with Gasteiger partial charge in [0.2, 0.25) is 5.91 Å². The molecule has 0 unspecified atom stereocenters.